The van der Waals surface area contributed by atoms with Crippen LogP contribution in [0.15, 0.2) is 24.5 Å². The van der Waals surface area contributed by atoms with Gasteiger partial charge in [-0.15, -0.1) is 0 Å². The lowest BCUT2D eigenvalue weighted by atomic mass is 10.2. The van der Waals surface area contributed by atoms with Gasteiger partial charge in [0, 0.05) is 17.4 Å². The Labute approximate surface area is 116 Å². The number of phenols is 1. The van der Waals surface area contributed by atoms with Crippen LogP contribution in [-0.4, -0.2) is 33.1 Å². The molecule has 20 heavy (non-hydrogen) atoms. The lowest BCUT2D eigenvalue weighted by Crippen LogP contribution is -2.07. The number of aromatic nitrogens is 3. The fourth-order valence-corrected chi connectivity index (χ4v) is 2.32. The Morgan fingerprint density at radius 1 is 1.25 bits per heavy atom. The number of H-pyrrole nitrogens is 1. The van der Waals surface area contributed by atoms with Crippen LogP contribution in [0.5, 0.6) is 5.75 Å². The van der Waals surface area contributed by atoms with Gasteiger partial charge in [-0.2, -0.15) is 0 Å². The van der Waals surface area contributed by atoms with Gasteiger partial charge in [0.15, 0.2) is 0 Å². The Kier molecular flexibility index (Phi) is 3.39. The van der Waals surface area contributed by atoms with E-state index >= 15 is 0 Å². The van der Waals surface area contributed by atoms with Crippen molar-refractivity contribution >= 4 is 27.8 Å². The van der Waals surface area contributed by atoms with E-state index in [0.29, 0.717) is 6.54 Å². The summed E-state index contributed by atoms with van der Waals surface area (Å²) in [7, 11) is 0. The molecule has 0 radical (unpaired) electrons. The Morgan fingerprint density at radius 2 is 2.15 bits per heavy atom. The fraction of sp³-hybridized carbons (Fsp3) is 0.286. The third-order valence-electron chi connectivity index (χ3n) is 3.30. The van der Waals surface area contributed by atoms with Gasteiger partial charge in [-0.3, -0.25) is 0 Å². The Bertz CT molecular complexity index is 737. The van der Waals surface area contributed by atoms with Crippen LogP contribution in [-0.2, 0) is 0 Å². The Hall–Kier alpha value is -2.34. The SMILES string of the molecule is NCCCCNc1ncnc2[nH]c3ccc(O)cc3c12. The molecular formula is C14H17N5O. The molecule has 3 aromatic rings. The van der Waals surface area contributed by atoms with Gasteiger partial charge in [0.05, 0.1) is 5.39 Å². The van der Waals surface area contributed by atoms with E-state index in [2.05, 4.69) is 20.3 Å². The number of aromatic hydroxyl groups is 1. The van der Waals surface area contributed by atoms with E-state index in [9.17, 15) is 5.11 Å². The molecule has 0 spiro atoms. The molecule has 6 nitrogen and oxygen atoms in total. The average molecular weight is 271 g/mol. The van der Waals surface area contributed by atoms with E-state index in [1.165, 1.54) is 6.33 Å². The normalized spacial score (nSPS) is 11.2. The van der Waals surface area contributed by atoms with Crippen molar-refractivity contribution in [1.82, 2.24) is 15.0 Å². The Balaban J connectivity index is 2.03. The summed E-state index contributed by atoms with van der Waals surface area (Å²) in [5.74, 6) is 1.01. The highest BCUT2D eigenvalue weighted by Crippen LogP contribution is 2.31. The molecule has 3 rings (SSSR count). The second-order valence-corrected chi connectivity index (χ2v) is 4.72. The summed E-state index contributed by atoms with van der Waals surface area (Å²) in [6, 6.07) is 5.21. The number of anilines is 1. The van der Waals surface area contributed by atoms with Crippen LogP contribution in [0.25, 0.3) is 21.9 Å². The number of benzene rings is 1. The maximum absolute atomic E-state index is 9.66. The van der Waals surface area contributed by atoms with E-state index in [-0.39, 0.29) is 5.75 Å². The first-order valence-corrected chi connectivity index (χ1v) is 6.69. The predicted octanol–water partition coefficient (Wildman–Crippen LogP) is 1.97. The van der Waals surface area contributed by atoms with E-state index in [4.69, 9.17) is 5.73 Å². The molecule has 0 bridgehead atoms. The van der Waals surface area contributed by atoms with Crippen LogP contribution < -0.4 is 11.1 Å². The first-order chi connectivity index (χ1) is 9.79. The third kappa shape index (κ3) is 2.25. The lowest BCUT2D eigenvalue weighted by Gasteiger charge is -2.06. The third-order valence-corrected chi connectivity index (χ3v) is 3.30. The molecule has 1 aromatic carbocycles. The fourth-order valence-electron chi connectivity index (χ4n) is 2.32. The van der Waals surface area contributed by atoms with E-state index in [1.807, 2.05) is 6.07 Å². The maximum Gasteiger partial charge on any atom is 0.143 e. The highest BCUT2D eigenvalue weighted by atomic mass is 16.3. The zero-order valence-electron chi connectivity index (χ0n) is 11.1. The number of nitrogens with two attached hydrogens (primary N) is 1. The number of hydrogen-bond donors (Lipinski definition) is 4. The van der Waals surface area contributed by atoms with Crippen LogP contribution in [0.3, 0.4) is 0 Å². The summed E-state index contributed by atoms with van der Waals surface area (Å²) < 4.78 is 0. The molecule has 0 aliphatic rings. The van der Waals surface area contributed by atoms with Gasteiger partial charge in [-0.1, -0.05) is 0 Å². The number of nitrogens with zero attached hydrogens (tertiary/aromatic N) is 2. The summed E-state index contributed by atoms with van der Waals surface area (Å²) in [6.07, 6.45) is 3.51. The quantitative estimate of drug-likeness (QED) is 0.532. The Morgan fingerprint density at radius 3 is 3.00 bits per heavy atom. The smallest absolute Gasteiger partial charge is 0.143 e. The first kappa shape index (κ1) is 12.7. The molecule has 2 aromatic heterocycles. The largest absolute Gasteiger partial charge is 0.508 e. The number of unbranched alkanes of at least 4 members (excludes halogenated alkanes) is 1. The molecule has 0 aliphatic heterocycles. The van der Waals surface area contributed by atoms with Gasteiger partial charge in [0.2, 0.25) is 0 Å². The van der Waals surface area contributed by atoms with Crippen molar-refractivity contribution in [2.24, 2.45) is 5.73 Å². The summed E-state index contributed by atoms with van der Waals surface area (Å²) in [4.78, 5) is 11.8. The van der Waals surface area contributed by atoms with E-state index in [1.54, 1.807) is 12.1 Å². The first-order valence-electron chi connectivity index (χ1n) is 6.69. The molecule has 0 fully saturated rings. The maximum atomic E-state index is 9.66. The standard InChI is InChI=1S/C14H17N5O/c15-5-1-2-6-16-13-12-10-7-9(20)3-4-11(10)19-14(12)18-8-17-13/h3-4,7-8,20H,1-2,5-6,15H2,(H2,16,17,18,19). The molecule has 0 atom stereocenters. The number of hydrogen-bond acceptors (Lipinski definition) is 5. The molecule has 6 heteroatoms. The van der Waals surface area contributed by atoms with Crippen LogP contribution in [0.1, 0.15) is 12.8 Å². The molecule has 0 aliphatic carbocycles. The monoisotopic (exact) mass is 271 g/mol. The molecule has 0 saturated carbocycles. The zero-order valence-corrected chi connectivity index (χ0v) is 11.1. The van der Waals surface area contributed by atoms with Crippen molar-refractivity contribution in [2.75, 3.05) is 18.4 Å². The van der Waals surface area contributed by atoms with Crippen molar-refractivity contribution in [3.63, 3.8) is 0 Å². The number of rotatable bonds is 5. The summed E-state index contributed by atoms with van der Waals surface area (Å²) in [6.45, 7) is 1.51. The van der Waals surface area contributed by atoms with Gasteiger partial charge in [0.1, 0.15) is 23.5 Å². The van der Waals surface area contributed by atoms with Gasteiger partial charge in [-0.25, -0.2) is 9.97 Å². The topological polar surface area (TPSA) is 99.9 Å². The molecule has 0 unspecified atom stereocenters. The zero-order chi connectivity index (χ0) is 13.9. The minimum absolute atomic E-state index is 0.233. The van der Waals surface area contributed by atoms with Crippen LogP contribution in [0.4, 0.5) is 5.82 Å². The highest BCUT2D eigenvalue weighted by Gasteiger charge is 2.11. The molecule has 104 valence electrons. The van der Waals surface area contributed by atoms with Gasteiger partial charge < -0.3 is 21.1 Å². The number of nitrogens with one attached hydrogen (secondary N) is 2. The molecule has 0 amide bonds. The number of phenolic OH excluding ortho intramolecular Hbond substituents is 1. The number of aromatic amines is 1. The van der Waals surface area contributed by atoms with Crippen LogP contribution >= 0.6 is 0 Å². The summed E-state index contributed by atoms with van der Waals surface area (Å²) in [5, 5.41) is 14.8. The minimum atomic E-state index is 0.233. The van der Waals surface area contributed by atoms with Crippen molar-refractivity contribution in [3.8, 4) is 5.75 Å². The minimum Gasteiger partial charge on any atom is -0.508 e. The lowest BCUT2D eigenvalue weighted by molar-refractivity contribution is 0.476. The summed E-state index contributed by atoms with van der Waals surface area (Å²) >= 11 is 0. The predicted molar refractivity (Wildman–Crippen MR) is 79.8 cm³/mol. The number of fused-ring (bicyclic) bond motifs is 3. The van der Waals surface area contributed by atoms with Crippen molar-refractivity contribution in [3.05, 3.63) is 24.5 Å². The molecular weight excluding hydrogens is 254 g/mol. The molecule has 0 saturated heterocycles. The second-order valence-electron chi connectivity index (χ2n) is 4.72. The summed E-state index contributed by atoms with van der Waals surface area (Å²) in [5.41, 5.74) is 7.19. The second kappa shape index (κ2) is 5.34. The van der Waals surface area contributed by atoms with Crippen LogP contribution in [0, 0.1) is 0 Å². The van der Waals surface area contributed by atoms with Crippen molar-refractivity contribution in [2.45, 2.75) is 12.8 Å². The highest BCUT2D eigenvalue weighted by molar-refractivity contribution is 6.11. The average Bonchev–Trinajstić information content (AvgIpc) is 2.82. The van der Waals surface area contributed by atoms with Gasteiger partial charge in [0.25, 0.3) is 0 Å². The van der Waals surface area contributed by atoms with Gasteiger partial charge >= 0.3 is 0 Å². The van der Waals surface area contributed by atoms with Crippen molar-refractivity contribution in [1.29, 1.82) is 0 Å². The molecule has 5 N–H and O–H groups in total. The molecule has 2 heterocycles. The van der Waals surface area contributed by atoms with Crippen molar-refractivity contribution < 1.29 is 5.11 Å². The van der Waals surface area contributed by atoms with Gasteiger partial charge in [-0.05, 0) is 37.6 Å². The van der Waals surface area contributed by atoms with E-state index in [0.717, 1.165) is 47.1 Å². The van der Waals surface area contributed by atoms with E-state index < -0.39 is 0 Å². The van der Waals surface area contributed by atoms with Crippen LogP contribution in [0.2, 0.25) is 0 Å².